The number of aromatic nitrogens is 3. The fourth-order valence-electron chi connectivity index (χ4n) is 1.15. The monoisotopic (exact) mass is 218 g/mol. The van der Waals surface area contributed by atoms with Crippen molar-refractivity contribution in [3.05, 3.63) is 5.82 Å². The van der Waals surface area contributed by atoms with Gasteiger partial charge < -0.3 is 4.57 Å². The van der Waals surface area contributed by atoms with Crippen LogP contribution in [0.3, 0.4) is 0 Å². The average Bonchev–Trinajstić information content (AvgIpc) is 2.42. The standard InChI is InChI=1S/C7H14N4O2S/c1-3-4-5-6-9-10-7(11(6)2)14(8,12)13/h3-5H2,1-2H3,(H2,8,12,13). The smallest absolute Gasteiger partial charge is 0.273 e. The molecule has 0 bridgehead atoms. The molecule has 0 unspecified atom stereocenters. The van der Waals surface area contributed by atoms with Crippen LogP contribution >= 0.6 is 0 Å². The topological polar surface area (TPSA) is 90.9 Å². The molecule has 1 aromatic heterocycles. The van der Waals surface area contributed by atoms with Crippen molar-refractivity contribution in [1.29, 1.82) is 0 Å². The van der Waals surface area contributed by atoms with E-state index in [1.807, 2.05) is 0 Å². The van der Waals surface area contributed by atoms with E-state index in [0.717, 1.165) is 19.3 Å². The van der Waals surface area contributed by atoms with Crippen LogP contribution in [-0.4, -0.2) is 23.2 Å². The molecular formula is C7H14N4O2S. The van der Waals surface area contributed by atoms with E-state index in [-0.39, 0.29) is 5.16 Å². The normalized spacial score (nSPS) is 11.9. The molecule has 1 heterocycles. The number of nitrogens with two attached hydrogens (primary N) is 1. The van der Waals surface area contributed by atoms with E-state index in [9.17, 15) is 8.42 Å². The third kappa shape index (κ3) is 2.30. The van der Waals surface area contributed by atoms with Gasteiger partial charge in [-0.05, 0) is 6.42 Å². The molecule has 0 aromatic carbocycles. The summed E-state index contributed by atoms with van der Waals surface area (Å²) in [6, 6.07) is 0. The maximum Gasteiger partial charge on any atom is 0.273 e. The van der Waals surface area contributed by atoms with Gasteiger partial charge in [-0.2, -0.15) is 0 Å². The highest BCUT2D eigenvalue weighted by molar-refractivity contribution is 7.89. The molecule has 0 aliphatic heterocycles. The minimum atomic E-state index is -3.75. The maximum atomic E-state index is 11.0. The van der Waals surface area contributed by atoms with Crippen molar-refractivity contribution in [2.24, 2.45) is 12.2 Å². The second kappa shape index (κ2) is 4.05. The summed E-state index contributed by atoms with van der Waals surface area (Å²) in [5.74, 6) is 0.649. The van der Waals surface area contributed by atoms with E-state index in [4.69, 9.17) is 5.14 Å². The molecule has 0 atom stereocenters. The molecule has 0 aliphatic rings. The molecule has 1 aromatic rings. The van der Waals surface area contributed by atoms with Gasteiger partial charge in [0.15, 0.2) is 0 Å². The van der Waals surface area contributed by atoms with E-state index in [2.05, 4.69) is 17.1 Å². The number of hydrogen-bond donors (Lipinski definition) is 1. The molecule has 14 heavy (non-hydrogen) atoms. The Morgan fingerprint density at radius 1 is 1.43 bits per heavy atom. The molecule has 0 amide bonds. The van der Waals surface area contributed by atoms with Gasteiger partial charge in [-0.15, -0.1) is 10.2 Å². The average molecular weight is 218 g/mol. The Hall–Kier alpha value is -0.950. The number of primary sulfonamides is 1. The summed E-state index contributed by atoms with van der Waals surface area (Å²) in [6.07, 6.45) is 2.70. The Bertz CT molecular complexity index is 409. The van der Waals surface area contributed by atoms with Gasteiger partial charge in [0, 0.05) is 13.5 Å². The van der Waals surface area contributed by atoms with Crippen LogP contribution in [0.25, 0.3) is 0 Å². The Morgan fingerprint density at radius 2 is 2.07 bits per heavy atom. The van der Waals surface area contributed by atoms with Gasteiger partial charge in [0.25, 0.3) is 15.2 Å². The van der Waals surface area contributed by atoms with Crippen molar-refractivity contribution in [3.8, 4) is 0 Å². The van der Waals surface area contributed by atoms with E-state index in [0.29, 0.717) is 5.82 Å². The maximum absolute atomic E-state index is 11.0. The minimum absolute atomic E-state index is 0.177. The first-order valence-corrected chi connectivity index (χ1v) is 5.92. The molecule has 6 nitrogen and oxygen atoms in total. The highest BCUT2D eigenvalue weighted by Crippen LogP contribution is 2.06. The lowest BCUT2D eigenvalue weighted by Crippen LogP contribution is -2.17. The van der Waals surface area contributed by atoms with E-state index >= 15 is 0 Å². The van der Waals surface area contributed by atoms with Crippen LogP contribution in [0.2, 0.25) is 0 Å². The molecule has 7 heteroatoms. The van der Waals surface area contributed by atoms with Crippen LogP contribution in [0.5, 0.6) is 0 Å². The second-order valence-corrected chi connectivity index (χ2v) is 4.56. The number of hydrogen-bond acceptors (Lipinski definition) is 4. The predicted molar refractivity (Wildman–Crippen MR) is 51.0 cm³/mol. The lowest BCUT2D eigenvalue weighted by atomic mass is 10.2. The van der Waals surface area contributed by atoms with Gasteiger partial charge in [0.05, 0.1) is 0 Å². The largest absolute Gasteiger partial charge is 0.304 e. The molecule has 0 aliphatic carbocycles. The van der Waals surface area contributed by atoms with Gasteiger partial charge in [0.2, 0.25) is 0 Å². The van der Waals surface area contributed by atoms with Gasteiger partial charge >= 0.3 is 0 Å². The second-order valence-electron chi connectivity index (χ2n) is 3.11. The van der Waals surface area contributed by atoms with Crippen LogP contribution < -0.4 is 5.14 Å². The Balaban J connectivity index is 2.97. The zero-order valence-electron chi connectivity index (χ0n) is 8.27. The minimum Gasteiger partial charge on any atom is -0.304 e. The number of sulfonamides is 1. The van der Waals surface area contributed by atoms with Crippen molar-refractivity contribution in [2.45, 2.75) is 31.3 Å². The third-order valence-electron chi connectivity index (χ3n) is 1.93. The lowest BCUT2D eigenvalue weighted by molar-refractivity contribution is 0.577. The molecule has 0 radical (unpaired) electrons. The van der Waals surface area contributed by atoms with E-state index in [1.54, 1.807) is 7.05 Å². The summed E-state index contributed by atoms with van der Waals surface area (Å²) >= 11 is 0. The number of unbranched alkanes of at least 4 members (excludes halogenated alkanes) is 1. The first-order chi connectivity index (χ1) is 6.46. The molecule has 0 saturated carbocycles. The molecule has 0 saturated heterocycles. The van der Waals surface area contributed by atoms with Crippen molar-refractivity contribution in [2.75, 3.05) is 0 Å². The molecule has 80 valence electrons. The number of aryl methyl sites for hydroxylation is 1. The molecule has 1 rings (SSSR count). The van der Waals surface area contributed by atoms with E-state index < -0.39 is 10.0 Å². The van der Waals surface area contributed by atoms with Crippen LogP contribution in [0.15, 0.2) is 5.16 Å². The van der Waals surface area contributed by atoms with Gasteiger partial charge in [-0.1, -0.05) is 13.3 Å². The van der Waals surface area contributed by atoms with Crippen molar-refractivity contribution in [3.63, 3.8) is 0 Å². The van der Waals surface area contributed by atoms with Crippen LogP contribution in [0, 0.1) is 0 Å². The summed E-state index contributed by atoms with van der Waals surface area (Å²) in [5.41, 5.74) is 0. The highest BCUT2D eigenvalue weighted by Gasteiger charge is 2.17. The Labute approximate surface area is 83.2 Å². The lowest BCUT2D eigenvalue weighted by Gasteiger charge is -2.00. The van der Waals surface area contributed by atoms with Crippen molar-refractivity contribution in [1.82, 2.24) is 14.8 Å². The van der Waals surface area contributed by atoms with Crippen LogP contribution in [0.1, 0.15) is 25.6 Å². The molecule has 0 fully saturated rings. The molecule has 0 spiro atoms. The summed E-state index contributed by atoms with van der Waals surface area (Å²) in [7, 11) is -2.15. The summed E-state index contributed by atoms with van der Waals surface area (Å²) in [6.45, 7) is 2.05. The van der Waals surface area contributed by atoms with Crippen LogP contribution in [-0.2, 0) is 23.5 Å². The highest BCUT2D eigenvalue weighted by atomic mass is 32.2. The summed E-state index contributed by atoms with van der Waals surface area (Å²) in [5, 5.41) is 12.1. The predicted octanol–water partition coefficient (Wildman–Crippen LogP) is -0.195. The first kappa shape index (κ1) is 11.1. The first-order valence-electron chi connectivity index (χ1n) is 4.38. The SMILES string of the molecule is CCCCc1nnc(S(N)(=O)=O)n1C. The Morgan fingerprint density at radius 3 is 2.50 bits per heavy atom. The van der Waals surface area contributed by atoms with E-state index in [1.165, 1.54) is 4.57 Å². The van der Waals surface area contributed by atoms with Crippen LogP contribution in [0.4, 0.5) is 0 Å². The van der Waals surface area contributed by atoms with Crippen molar-refractivity contribution >= 4 is 10.0 Å². The van der Waals surface area contributed by atoms with Gasteiger partial charge in [-0.3, -0.25) is 0 Å². The zero-order chi connectivity index (χ0) is 10.8. The number of nitrogens with zero attached hydrogens (tertiary/aromatic N) is 3. The molecular weight excluding hydrogens is 204 g/mol. The van der Waals surface area contributed by atoms with Crippen molar-refractivity contribution < 1.29 is 8.42 Å². The zero-order valence-corrected chi connectivity index (χ0v) is 9.08. The molecule has 2 N–H and O–H groups in total. The third-order valence-corrected chi connectivity index (χ3v) is 2.80. The summed E-state index contributed by atoms with van der Waals surface area (Å²) in [4.78, 5) is 0. The van der Waals surface area contributed by atoms with Gasteiger partial charge in [-0.25, -0.2) is 13.6 Å². The fourth-order valence-corrected chi connectivity index (χ4v) is 1.79. The summed E-state index contributed by atoms with van der Waals surface area (Å²) < 4.78 is 23.4. The Kier molecular flexibility index (Phi) is 3.22. The van der Waals surface area contributed by atoms with Gasteiger partial charge in [0.1, 0.15) is 5.82 Å². The fraction of sp³-hybridized carbons (Fsp3) is 0.714. The number of rotatable bonds is 4. The quantitative estimate of drug-likeness (QED) is 0.758.